The summed E-state index contributed by atoms with van der Waals surface area (Å²) in [4.78, 5) is 11.4. The van der Waals surface area contributed by atoms with Crippen molar-refractivity contribution in [3.63, 3.8) is 0 Å². The van der Waals surface area contributed by atoms with Gasteiger partial charge in [0.15, 0.2) is 0 Å². The van der Waals surface area contributed by atoms with Gasteiger partial charge in [-0.15, -0.1) is 0 Å². The lowest BCUT2D eigenvalue weighted by molar-refractivity contribution is -0.143. The molecular formula is C14H21NO4. The third kappa shape index (κ3) is 4.69. The summed E-state index contributed by atoms with van der Waals surface area (Å²) in [6, 6.07) is 5.42. The summed E-state index contributed by atoms with van der Waals surface area (Å²) in [5.41, 5.74) is 0.790. The first-order chi connectivity index (χ1) is 9.10. The molecule has 0 aliphatic heterocycles. The Balaban J connectivity index is 2.71. The summed E-state index contributed by atoms with van der Waals surface area (Å²) in [5, 5.41) is 3.22. The summed E-state index contributed by atoms with van der Waals surface area (Å²) >= 11 is 0. The first-order valence-electron chi connectivity index (χ1n) is 6.24. The normalized spacial score (nSPS) is 11.6. The Morgan fingerprint density at radius 1 is 1.32 bits per heavy atom. The molecule has 0 saturated heterocycles. The number of carbonyl (C=O) groups is 1. The largest absolute Gasteiger partial charge is 0.497 e. The Bertz CT molecular complexity index is 420. The standard InChI is InChI=1S/C14H21NO4/c1-5-19-14(16)8-10(2)15-12-9-11(17-3)6-7-13(12)18-4/h6-7,9-10,15H,5,8H2,1-4H3. The van der Waals surface area contributed by atoms with Crippen molar-refractivity contribution in [2.45, 2.75) is 26.3 Å². The molecule has 19 heavy (non-hydrogen) atoms. The van der Waals surface area contributed by atoms with Gasteiger partial charge in [0, 0.05) is 12.1 Å². The molecule has 0 fully saturated rings. The van der Waals surface area contributed by atoms with Gasteiger partial charge in [0.1, 0.15) is 11.5 Å². The molecule has 0 aromatic heterocycles. The number of hydrogen-bond donors (Lipinski definition) is 1. The molecule has 0 aliphatic carbocycles. The molecule has 1 unspecified atom stereocenters. The number of nitrogens with one attached hydrogen (secondary N) is 1. The Morgan fingerprint density at radius 3 is 2.63 bits per heavy atom. The van der Waals surface area contributed by atoms with Crippen LogP contribution < -0.4 is 14.8 Å². The Hall–Kier alpha value is -1.91. The molecule has 5 heteroatoms. The zero-order valence-corrected chi connectivity index (χ0v) is 11.9. The average Bonchev–Trinajstić information content (AvgIpc) is 2.38. The fourth-order valence-electron chi connectivity index (χ4n) is 1.71. The van der Waals surface area contributed by atoms with E-state index in [2.05, 4.69) is 5.32 Å². The van der Waals surface area contributed by atoms with E-state index in [0.717, 1.165) is 11.4 Å². The van der Waals surface area contributed by atoms with Gasteiger partial charge >= 0.3 is 5.97 Å². The highest BCUT2D eigenvalue weighted by molar-refractivity contribution is 5.71. The second-order valence-electron chi connectivity index (χ2n) is 4.12. The summed E-state index contributed by atoms with van der Waals surface area (Å²) in [6.45, 7) is 4.10. The van der Waals surface area contributed by atoms with Crippen molar-refractivity contribution in [1.82, 2.24) is 0 Å². The fourth-order valence-corrected chi connectivity index (χ4v) is 1.71. The number of hydrogen-bond acceptors (Lipinski definition) is 5. The molecule has 1 aromatic carbocycles. The minimum atomic E-state index is -0.218. The van der Waals surface area contributed by atoms with Crippen molar-refractivity contribution in [2.24, 2.45) is 0 Å². The molecule has 1 rings (SSSR count). The lowest BCUT2D eigenvalue weighted by Gasteiger charge is -2.17. The van der Waals surface area contributed by atoms with Crippen molar-refractivity contribution in [3.8, 4) is 11.5 Å². The van der Waals surface area contributed by atoms with Gasteiger partial charge < -0.3 is 19.5 Å². The highest BCUT2D eigenvalue weighted by Gasteiger charge is 2.12. The van der Waals surface area contributed by atoms with Gasteiger partial charge in [0.25, 0.3) is 0 Å². The van der Waals surface area contributed by atoms with Gasteiger partial charge in [-0.3, -0.25) is 4.79 Å². The van der Waals surface area contributed by atoms with E-state index >= 15 is 0 Å². The zero-order chi connectivity index (χ0) is 14.3. The molecule has 0 radical (unpaired) electrons. The van der Waals surface area contributed by atoms with Crippen LogP contribution in [0.4, 0.5) is 5.69 Å². The highest BCUT2D eigenvalue weighted by atomic mass is 16.5. The van der Waals surface area contributed by atoms with E-state index in [1.807, 2.05) is 25.1 Å². The maximum Gasteiger partial charge on any atom is 0.307 e. The van der Waals surface area contributed by atoms with Crippen LogP contribution in [0.15, 0.2) is 18.2 Å². The summed E-state index contributed by atoms with van der Waals surface area (Å²) in [6.07, 6.45) is 0.300. The monoisotopic (exact) mass is 267 g/mol. The molecule has 0 aliphatic rings. The quantitative estimate of drug-likeness (QED) is 0.769. The molecule has 1 aromatic rings. The van der Waals surface area contributed by atoms with Crippen molar-refractivity contribution >= 4 is 11.7 Å². The third-order valence-electron chi connectivity index (χ3n) is 2.59. The van der Waals surface area contributed by atoms with Gasteiger partial charge in [-0.2, -0.15) is 0 Å². The number of anilines is 1. The van der Waals surface area contributed by atoms with Crippen molar-refractivity contribution in [1.29, 1.82) is 0 Å². The first kappa shape index (κ1) is 15.1. The first-order valence-corrected chi connectivity index (χ1v) is 6.24. The predicted molar refractivity (Wildman–Crippen MR) is 73.9 cm³/mol. The highest BCUT2D eigenvalue weighted by Crippen LogP contribution is 2.29. The molecule has 0 heterocycles. The molecule has 0 saturated carbocycles. The maximum absolute atomic E-state index is 11.4. The van der Waals surface area contributed by atoms with E-state index in [0.29, 0.717) is 18.8 Å². The van der Waals surface area contributed by atoms with Gasteiger partial charge in [0.05, 0.1) is 32.9 Å². The van der Waals surface area contributed by atoms with Crippen LogP contribution in [-0.4, -0.2) is 32.8 Å². The second-order valence-corrected chi connectivity index (χ2v) is 4.12. The maximum atomic E-state index is 11.4. The Morgan fingerprint density at radius 2 is 2.05 bits per heavy atom. The van der Waals surface area contributed by atoms with E-state index < -0.39 is 0 Å². The minimum absolute atomic E-state index is 0.0555. The van der Waals surface area contributed by atoms with Crippen LogP contribution in [0, 0.1) is 0 Å². The van der Waals surface area contributed by atoms with E-state index in [-0.39, 0.29) is 12.0 Å². The molecule has 1 N–H and O–H groups in total. The van der Waals surface area contributed by atoms with Crippen molar-refractivity contribution < 1.29 is 19.0 Å². The topological polar surface area (TPSA) is 56.8 Å². The molecule has 106 valence electrons. The Labute approximate surface area is 113 Å². The van der Waals surface area contributed by atoms with Crippen LogP contribution in [-0.2, 0) is 9.53 Å². The van der Waals surface area contributed by atoms with E-state index in [1.54, 1.807) is 21.1 Å². The van der Waals surface area contributed by atoms with Gasteiger partial charge in [-0.25, -0.2) is 0 Å². The van der Waals surface area contributed by atoms with Crippen LogP contribution >= 0.6 is 0 Å². The van der Waals surface area contributed by atoms with Crippen molar-refractivity contribution in [3.05, 3.63) is 18.2 Å². The van der Waals surface area contributed by atoms with Gasteiger partial charge in [0.2, 0.25) is 0 Å². The van der Waals surface area contributed by atoms with Crippen LogP contribution in [0.5, 0.6) is 11.5 Å². The number of benzene rings is 1. The van der Waals surface area contributed by atoms with Crippen LogP contribution in [0.2, 0.25) is 0 Å². The zero-order valence-electron chi connectivity index (χ0n) is 11.9. The summed E-state index contributed by atoms with van der Waals surface area (Å²) < 4.78 is 15.3. The van der Waals surface area contributed by atoms with Crippen LogP contribution in [0.1, 0.15) is 20.3 Å². The molecule has 5 nitrogen and oxygen atoms in total. The number of esters is 1. The number of carbonyl (C=O) groups excluding carboxylic acids is 1. The van der Waals surface area contributed by atoms with E-state index in [4.69, 9.17) is 14.2 Å². The number of methoxy groups -OCH3 is 2. The van der Waals surface area contributed by atoms with Gasteiger partial charge in [-0.1, -0.05) is 0 Å². The molecular weight excluding hydrogens is 246 g/mol. The van der Waals surface area contributed by atoms with E-state index in [9.17, 15) is 4.79 Å². The average molecular weight is 267 g/mol. The minimum Gasteiger partial charge on any atom is -0.497 e. The third-order valence-corrected chi connectivity index (χ3v) is 2.59. The predicted octanol–water partition coefficient (Wildman–Crippen LogP) is 2.46. The van der Waals surface area contributed by atoms with E-state index in [1.165, 1.54) is 0 Å². The molecule has 1 atom stereocenters. The molecule has 0 spiro atoms. The van der Waals surface area contributed by atoms with Crippen LogP contribution in [0.3, 0.4) is 0 Å². The summed E-state index contributed by atoms with van der Waals surface area (Å²) in [7, 11) is 3.20. The Kier molecular flexibility index (Phi) is 5.99. The van der Waals surface area contributed by atoms with Crippen molar-refractivity contribution in [2.75, 3.05) is 26.1 Å². The summed E-state index contributed by atoms with van der Waals surface area (Å²) in [5.74, 6) is 1.22. The van der Waals surface area contributed by atoms with Crippen LogP contribution in [0.25, 0.3) is 0 Å². The number of rotatable bonds is 7. The smallest absolute Gasteiger partial charge is 0.307 e. The molecule has 0 bridgehead atoms. The second kappa shape index (κ2) is 7.51. The molecule has 0 amide bonds. The van der Waals surface area contributed by atoms with Gasteiger partial charge in [-0.05, 0) is 26.0 Å². The lowest BCUT2D eigenvalue weighted by atomic mass is 10.2. The SMILES string of the molecule is CCOC(=O)CC(C)Nc1cc(OC)ccc1OC. The fraction of sp³-hybridized carbons (Fsp3) is 0.500. The lowest BCUT2D eigenvalue weighted by Crippen LogP contribution is -2.21. The number of ether oxygens (including phenoxy) is 3.